The Morgan fingerprint density at radius 1 is 1.21 bits per heavy atom. The molecule has 182 valence electrons. The molecule has 0 radical (unpaired) electrons. The van der Waals surface area contributed by atoms with Crippen LogP contribution < -0.4 is 10.6 Å². The fourth-order valence-corrected chi connectivity index (χ4v) is 4.53. The summed E-state index contributed by atoms with van der Waals surface area (Å²) >= 11 is 0. The smallest absolute Gasteiger partial charge is 0.329 e. The lowest BCUT2D eigenvalue weighted by atomic mass is 10.0. The second-order valence-corrected chi connectivity index (χ2v) is 9.79. The van der Waals surface area contributed by atoms with Crippen molar-refractivity contribution in [3.8, 4) is 0 Å². The standard InChI is InChI=1S/C22H31N3O7S/c1-5-9-23-20(26)16(4)32-22(28)19(15(2)3)24-21(27)17-7-6-8-18(14-17)33(29,30)25-10-12-31-13-11-25/h5-8,14-16,19H,1,9-13H2,2-4H3,(H,23,26)(H,24,27)/t16?,19-/m0/s1. The fourth-order valence-electron chi connectivity index (χ4n) is 3.07. The Balaban J connectivity index is 2.12. The van der Waals surface area contributed by atoms with Crippen LogP contribution in [-0.2, 0) is 29.1 Å². The largest absolute Gasteiger partial charge is 0.451 e. The summed E-state index contributed by atoms with van der Waals surface area (Å²) in [6.45, 7) is 9.67. The number of nitrogens with one attached hydrogen (secondary N) is 2. The average Bonchev–Trinajstić information content (AvgIpc) is 2.80. The molecule has 0 saturated carbocycles. The number of morpholine rings is 1. The summed E-state index contributed by atoms with van der Waals surface area (Å²) in [5.74, 6) is -2.23. The van der Waals surface area contributed by atoms with Gasteiger partial charge in [-0.15, -0.1) is 6.58 Å². The molecule has 11 heteroatoms. The Hall–Kier alpha value is -2.76. The topological polar surface area (TPSA) is 131 Å². The Kier molecular flexibility index (Phi) is 9.56. The molecule has 1 saturated heterocycles. The lowest BCUT2D eigenvalue weighted by Crippen LogP contribution is -2.47. The molecule has 2 amide bonds. The summed E-state index contributed by atoms with van der Waals surface area (Å²) in [7, 11) is -3.78. The first kappa shape index (κ1) is 26.5. The maximum Gasteiger partial charge on any atom is 0.329 e. The third-order valence-corrected chi connectivity index (χ3v) is 6.89. The van der Waals surface area contributed by atoms with Gasteiger partial charge in [0.25, 0.3) is 11.8 Å². The maximum atomic E-state index is 12.9. The van der Waals surface area contributed by atoms with E-state index in [1.165, 1.54) is 41.6 Å². The zero-order valence-corrected chi connectivity index (χ0v) is 19.9. The van der Waals surface area contributed by atoms with Crippen LogP contribution in [0.3, 0.4) is 0 Å². The highest BCUT2D eigenvalue weighted by Crippen LogP contribution is 2.19. The van der Waals surface area contributed by atoms with Crippen molar-refractivity contribution >= 4 is 27.8 Å². The molecule has 0 aliphatic carbocycles. The van der Waals surface area contributed by atoms with Crippen LogP contribution in [0.25, 0.3) is 0 Å². The third-order valence-electron chi connectivity index (χ3n) is 4.99. The minimum atomic E-state index is -3.78. The summed E-state index contributed by atoms with van der Waals surface area (Å²) in [5.41, 5.74) is 0.0829. The van der Waals surface area contributed by atoms with E-state index < -0.39 is 40.0 Å². The molecule has 10 nitrogen and oxygen atoms in total. The zero-order chi connectivity index (χ0) is 24.6. The van der Waals surface area contributed by atoms with E-state index >= 15 is 0 Å². The monoisotopic (exact) mass is 481 g/mol. The van der Waals surface area contributed by atoms with Crippen molar-refractivity contribution in [1.29, 1.82) is 0 Å². The van der Waals surface area contributed by atoms with Crippen LogP contribution in [0.2, 0.25) is 0 Å². The predicted molar refractivity (Wildman–Crippen MR) is 121 cm³/mol. The van der Waals surface area contributed by atoms with E-state index in [2.05, 4.69) is 17.2 Å². The van der Waals surface area contributed by atoms with Crippen LogP contribution >= 0.6 is 0 Å². The van der Waals surface area contributed by atoms with Crippen molar-refractivity contribution < 1.29 is 32.3 Å². The molecule has 2 rings (SSSR count). The number of amides is 2. The van der Waals surface area contributed by atoms with Gasteiger partial charge in [0, 0.05) is 25.2 Å². The minimum Gasteiger partial charge on any atom is -0.451 e. The van der Waals surface area contributed by atoms with Gasteiger partial charge in [0.1, 0.15) is 6.04 Å². The van der Waals surface area contributed by atoms with Gasteiger partial charge in [-0.1, -0.05) is 26.0 Å². The molecule has 1 aromatic rings. The average molecular weight is 482 g/mol. The predicted octanol–water partition coefficient (Wildman–Crippen LogP) is 0.696. The van der Waals surface area contributed by atoms with Crippen molar-refractivity contribution in [2.45, 2.75) is 37.8 Å². The number of rotatable bonds is 10. The highest BCUT2D eigenvalue weighted by Gasteiger charge is 2.30. The second kappa shape index (κ2) is 11.9. The van der Waals surface area contributed by atoms with Gasteiger partial charge in [0.2, 0.25) is 10.0 Å². The number of carbonyl (C=O) groups excluding carboxylic acids is 3. The molecule has 1 aromatic carbocycles. The Bertz CT molecular complexity index is 972. The molecule has 0 spiro atoms. The fraction of sp³-hybridized carbons (Fsp3) is 0.500. The van der Waals surface area contributed by atoms with Gasteiger partial charge in [-0.3, -0.25) is 9.59 Å². The molecule has 0 aromatic heterocycles. The first-order chi connectivity index (χ1) is 15.6. The van der Waals surface area contributed by atoms with Gasteiger partial charge in [-0.05, 0) is 31.0 Å². The summed E-state index contributed by atoms with van der Waals surface area (Å²) in [4.78, 5) is 37.4. The normalized spacial score (nSPS) is 16.5. The van der Waals surface area contributed by atoms with E-state index in [0.717, 1.165) is 0 Å². The van der Waals surface area contributed by atoms with E-state index in [1.54, 1.807) is 13.8 Å². The number of hydrogen-bond donors (Lipinski definition) is 2. The quantitative estimate of drug-likeness (QED) is 0.371. The maximum absolute atomic E-state index is 12.9. The van der Waals surface area contributed by atoms with Crippen LogP contribution in [0.15, 0.2) is 41.8 Å². The van der Waals surface area contributed by atoms with Crippen LogP contribution in [0.4, 0.5) is 0 Å². The van der Waals surface area contributed by atoms with Crippen LogP contribution in [0.1, 0.15) is 31.1 Å². The molecule has 1 aliphatic heterocycles. The van der Waals surface area contributed by atoms with Gasteiger partial charge in [0.15, 0.2) is 6.10 Å². The SMILES string of the molecule is C=CCNC(=O)C(C)OC(=O)[C@@H](NC(=O)c1cccc(S(=O)(=O)N2CCOCC2)c1)C(C)C. The van der Waals surface area contributed by atoms with Crippen molar-refractivity contribution in [1.82, 2.24) is 14.9 Å². The van der Waals surface area contributed by atoms with Crippen LogP contribution in [0, 0.1) is 5.92 Å². The molecule has 1 heterocycles. The van der Waals surface area contributed by atoms with E-state index in [9.17, 15) is 22.8 Å². The summed E-state index contributed by atoms with van der Waals surface area (Å²) in [6, 6.07) is 4.58. The lowest BCUT2D eigenvalue weighted by Gasteiger charge is -2.26. The van der Waals surface area contributed by atoms with Crippen molar-refractivity contribution in [2.24, 2.45) is 5.92 Å². The van der Waals surface area contributed by atoms with Crippen molar-refractivity contribution in [3.05, 3.63) is 42.5 Å². The summed E-state index contributed by atoms with van der Waals surface area (Å²) in [6.07, 6.45) is 0.439. The Morgan fingerprint density at radius 3 is 2.48 bits per heavy atom. The molecule has 1 unspecified atom stereocenters. The molecule has 2 N–H and O–H groups in total. The van der Waals surface area contributed by atoms with E-state index in [1.807, 2.05) is 0 Å². The van der Waals surface area contributed by atoms with Crippen LogP contribution in [0.5, 0.6) is 0 Å². The number of benzene rings is 1. The number of ether oxygens (including phenoxy) is 2. The van der Waals surface area contributed by atoms with Crippen molar-refractivity contribution in [2.75, 3.05) is 32.8 Å². The van der Waals surface area contributed by atoms with E-state index in [4.69, 9.17) is 9.47 Å². The van der Waals surface area contributed by atoms with Gasteiger partial charge in [-0.25, -0.2) is 13.2 Å². The molecule has 33 heavy (non-hydrogen) atoms. The highest BCUT2D eigenvalue weighted by atomic mass is 32.2. The number of esters is 1. The van der Waals surface area contributed by atoms with Crippen LogP contribution in [-0.4, -0.2) is 75.5 Å². The molecule has 1 fully saturated rings. The molecule has 2 atom stereocenters. The molecular weight excluding hydrogens is 450 g/mol. The minimum absolute atomic E-state index is 0.0202. The molecule has 1 aliphatic rings. The zero-order valence-electron chi connectivity index (χ0n) is 19.1. The Morgan fingerprint density at radius 2 is 1.88 bits per heavy atom. The van der Waals surface area contributed by atoms with Gasteiger partial charge < -0.3 is 20.1 Å². The number of carbonyl (C=O) groups is 3. The van der Waals surface area contributed by atoms with Gasteiger partial charge >= 0.3 is 5.97 Å². The first-order valence-electron chi connectivity index (χ1n) is 10.7. The summed E-state index contributed by atoms with van der Waals surface area (Å²) < 4.78 is 37.5. The lowest BCUT2D eigenvalue weighted by molar-refractivity contribution is -0.157. The third kappa shape index (κ3) is 7.11. The Labute approximate surface area is 194 Å². The number of hydrogen-bond acceptors (Lipinski definition) is 7. The van der Waals surface area contributed by atoms with E-state index in [0.29, 0.717) is 13.2 Å². The van der Waals surface area contributed by atoms with Gasteiger partial charge in [0.05, 0.1) is 18.1 Å². The molecule has 0 bridgehead atoms. The van der Waals surface area contributed by atoms with Crippen molar-refractivity contribution in [3.63, 3.8) is 0 Å². The highest BCUT2D eigenvalue weighted by molar-refractivity contribution is 7.89. The number of nitrogens with zero attached hydrogens (tertiary/aromatic N) is 1. The second-order valence-electron chi connectivity index (χ2n) is 7.85. The van der Waals surface area contributed by atoms with E-state index in [-0.39, 0.29) is 36.0 Å². The first-order valence-corrected chi connectivity index (χ1v) is 12.1. The van der Waals surface area contributed by atoms with Gasteiger partial charge in [-0.2, -0.15) is 4.31 Å². The number of sulfonamides is 1. The molecular formula is C22H31N3O7S. The summed E-state index contributed by atoms with van der Waals surface area (Å²) in [5, 5.41) is 5.12.